The molecule has 0 aliphatic carbocycles. The number of rotatable bonds is 3. The van der Waals surface area contributed by atoms with Gasteiger partial charge in [0.15, 0.2) is 5.82 Å². The Kier molecular flexibility index (Phi) is 3.74. The molecule has 1 aromatic heterocycles. The Morgan fingerprint density at radius 1 is 1.32 bits per heavy atom. The number of hydrogen-bond acceptors (Lipinski definition) is 5. The normalized spacial score (nSPS) is 21.8. The van der Waals surface area contributed by atoms with Crippen LogP contribution in [0, 0.1) is 0 Å². The summed E-state index contributed by atoms with van der Waals surface area (Å²) in [7, 11) is 0. The molecular formula is C12H19N5OS. The molecule has 1 fully saturated rings. The predicted molar refractivity (Wildman–Crippen MR) is 73.8 cm³/mol. The third-order valence-corrected chi connectivity index (χ3v) is 4.58. The van der Waals surface area contributed by atoms with E-state index in [-0.39, 0.29) is 11.8 Å². The zero-order valence-corrected chi connectivity index (χ0v) is 11.9. The molecule has 3 rings (SSSR count). The fourth-order valence-electron chi connectivity index (χ4n) is 2.70. The Balaban J connectivity index is 1.71. The number of likely N-dealkylation sites (tertiary alicyclic amines) is 1. The minimum absolute atomic E-state index is 0.0173. The van der Waals surface area contributed by atoms with Gasteiger partial charge in [0.25, 0.3) is 0 Å². The van der Waals surface area contributed by atoms with E-state index >= 15 is 0 Å². The highest BCUT2D eigenvalue weighted by molar-refractivity contribution is 7.99. The molecule has 1 aromatic rings. The van der Waals surface area contributed by atoms with Crippen molar-refractivity contribution in [2.24, 2.45) is 0 Å². The molecule has 0 aromatic carbocycles. The van der Waals surface area contributed by atoms with Crippen molar-refractivity contribution < 1.29 is 4.79 Å². The summed E-state index contributed by atoms with van der Waals surface area (Å²) in [6.45, 7) is 5.48. The number of carbonyl (C=O) groups is 1. The average Bonchev–Trinajstić information content (AvgIpc) is 2.82. The molecular weight excluding hydrogens is 262 g/mol. The minimum Gasteiger partial charge on any atom is -0.303 e. The molecule has 1 saturated heterocycles. The van der Waals surface area contributed by atoms with E-state index in [1.807, 2.05) is 0 Å². The van der Waals surface area contributed by atoms with E-state index in [0.717, 1.165) is 17.5 Å². The van der Waals surface area contributed by atoms with Crippen LogP contribution < -0.4 is 5.43 Å². The van der Waals surface area contributed by atoms with E-state index in [0.29, 0.717) is 5.75 Å². The third kappa shape index (κ3) is 2.76. The lowest BCUT2D eigenvalue weighted by atomic mass is 10.1. The summed E-state index contributed by atoms with van der Waals surface area (Å²) >= 11 is 1.44. The second kappa shape index (κ2) is 5.50. The van der Waals surface area contributed by atoms with Gasteiger partial charge < -0.3 is 4.90 Å². The number of carbonyl (C=O) groups excluding carboxylic acids is 1. The highest BCUT2D eigenvalue weighted by Gasteiger charge is 2.25. The van der Waals surface area contributed by atoms with E-state index < -0.39 is 0 Å². The predicted octanol–water partition coefficient (Wildman–Crippen LogP) is 1.04. The molecule has 0 saturated carbocycles. The highest BCUT2D eigenvalue weighted by Crippen LogP contribution is 2.24. The molecule has 1 unspecified atom stereocenters. The van der Waals surface area contributed by atoms with Crippen LogP contribution in [0.3, 0.4) is 0 Å². The Hall–Kier alpha value is -1.08. The molecule has 2 aliphatic heterocycles. The zero-order valence-electron chi connectivity index (χ0n) is 11.1. The van der Waals surface area contributed by atoms with Crippen LogP contribution in [0.1, 0.15) is 37.9 Å². The molecule has 3 heterocycles. The van der Waals surface area contributed by atoms with Gasteiger partial charge in [0.05, 0.1) is 5.75 Å². The van der Waals surface area contributed by atoms with Gasteiger partial charge in [-0.2, -0.15) is 0 Å². The first-order valence-corrected chi connectivity index (χ1v) is 7.83. The van der Waals surface area contributed by atoms with Crippen molar-refractivity contribution in [1.29, 1.82) is 0 Å². The molecule has 104 valence electrons. The average molecular weight is 281 g/mol. The minimum atomic E-state index is 0.0173. The molecule has 6 nitrogen and oxygen atoms in total. The second-order valence-corrected chi connectivity index (χ2v) is 6.20. The fraction of sp³-hybridized carbons (Fsp3) is 0.750. The van der Waals surface area contributed by atoms with Gasteiger partial charge in [-0.3, -0.25) is 10.2 Å². The summed E-state index contributed by atoms with van der Waals surface area (Å²) in [4.78, 5) is 13.9. The number of piperidine rings is 1. The van der Waals surface area contributed by atoms with Crippen molar-refractivity contribution in [3.8, 4) is 0 Å². The molecule has 2 aliphatic rings. The fourth-order valence-corrected chi connectivity index (χ4v) is 3.39. The number of amides is 1. The molecule has 1 amide bonds. The van der Waals surface area contributed by atoms with E-state index in [4.69, 9.17) is 0 Å². The lowest BCUT2D eigenvalue weighted by molar-refractivity contribution is -0.115. The monoisotopic (exact) mass is 281 g/mol. The van der Waals surface area contributed by atoms with Gasteiger partial charge in [-0.15, -0.1) is 10.2 Å². The first-order chi connectivity index (χ1) is 9.24. The van der Waals surface area contributed by atoms with Crippen LogP contribution in [0.2, 0.25) is 0 Å². The second-order valence-electron chi connectivity index (χ2n) is 5.26. The van der Waals surface area contributed by atoms with Crippen LogP contribution in [0.15, 0.2) is 5.16 Å². The molecule has 0 bridgehead atoms. The molecule has 19 heavy (non-hydrogen) atoms. The number of nitrogens with zero attached hydrogens (tertiary/aromatic N) is 4. The van der Waals surface area contributed by atoms with Crippen LogP contribution in [0.5, 0.6) is 0 Å². The maximum absolute atomic E-state index is 11.5. The van der Waals surface area contributed by atoms with Crippen molar-refractivity contribution in [3.05, 3.63) is 5.82 Å². The van der Waals surface area contributed by atoms with Crippen molar-refractivity contribution >= 4 is 17.7 Å². The van der Waals surface area contributed by atoms with Crippen LogP contribution in [0.25, 0.3) is 0 Å². The van der Waals surface area contributed by atoms with Crippen molar-refractivity contribution in [2.45, 2.75) is 37.3 Å². The van der Waals surface area contributed by atoms with Gasteiger partial charge in [-0.1, -0.05) is 25.1 Å². The van der Waals surface area contributed by atoms with E-state index in [9.17, 15) is 4.79 Å². The number of fused-ring (bicyclic) bond motifs is 1. The van der Waals surface area contributed by atoms with E-state index in [1.165, 1.54) is 44.1 Å². The van der Waals surface area contributed by atoms with Crippen LogP contribution in [0.4, 0.5) is 0 Å². The highest BCUT2D eigenvalue weighted by atomic mass is 32.2. The zero-order chi connectivity index (χ0) is 13.2. The van der Waals surface area contributed by atoms with Crippen molar-refractivity contribution in [2.75, 3.05) is 30.8 Å². The Morgan fingerprint density at radius 2 is 2.11 bits per heavy atom. The smallest absolute Gasteiger partial charge is 0.249 e. The lowest BCUT2D eigenvalue weighted by Crippen LogP contribution is -2.35. The van der Waals surface area contributed by atoms with Gasteiger partial charge >= 0.3 is 0 Å². The van der Waals surface area contributed by atoms with Gasteiger partial charge in [0.2, 0.25) is 11.1 Å². The lowest BCUT2D eigenvalue weighted by Gasteiger charge is -2.29. The third-order valence-electron chi connectivity index (χ3n) is 3.65. The Morgan fingerprint density at radius 3 is 2.89 bits per heavy atom. The number of nitrogens with one attached hydrogen (secondary N) is 1. The first-order valence-electron chi connectivity index (χ1n) is 6.84. The van der Waals surface area contributed by atoms with E-state index in [1.54, 1.807) is 4.68 Å². The molecule has 7 heteroatoms. The first kappa shape index (κ1) is 12.9. The summed E-state index contributed by atoms with van der Waals surface area (Å²) in [5.41, 5.74) is 2.84. The van der Waals surface area contributed by atoms with Crippen LogP contribution in [-0.4, -0.2) is 51.1 Å². The maximum Gasteiger partial charge on any atom is 0.249 e. The number of hydrogen-bond donors (Lipinski definition) is 1. The van der Waals surface area contributed by atoms with E-state index in [2.05, 4.69) is 27.4 Å². The summed E-state index contributed by atoms with van der Waals surface area (Å²) < 4.78 is 1.76. The summed E-state index contributed by atoms with van der Waals surface area (Å²) in [5, 5.41) is 9.19. The van der Waals surface area contributed by atoms with Gasteiger partial charge in [0, 0.05) is 12.5 Å². The van der Waals surface area contributed by atoms with Gasteiger partial charge in [-0.25, -0.2) is 4.68 Å². The van der Waals surface area contributed by atoms with Crippen LogP contribution >= 0.6 is 11.8 Å². The number of aromatic nitrogens is 3. The quantitative estimate of drug-likeness (QED) is 0.897. The Bertz CT molecular complexity index is 469. The molecule has 0 spiro atoms. The van der Waals surface area contributed by atoms with Crippen molar-refractivity contribution in [1.82, 2.24) is 19.8 Å². The Labute approximate surface area is 116 Å². The van der Waals surface area contributed by atoms with Crippen LogP contribution in [-0.2, 0) is 4.79 Å². The maximum atomic E-state index is 11.5. The summed E-state index contributed by atoms with van der Waals surface area (Å²) in [6.07, 6.45) is 3.92. The molecule has 0 radical (unpaired) electrons. The topological polar surface area (TPSA) is 63.1 Å². The molecule has 1 N–H and O–H groups in total. The number of thioether (sulfide) groups is 1. The van der Waals surface area contributed by atoms with Gasteiger partial charge in [0.1, 0.15) is 0 Å². The SMILES string of the molecule is CC(CN1CCCCC1)c1nnc2n1NC(=O)CS2. The largest absolute Gasteiger partial charge is 0.303 e. The summed E-state index contributed by atoms with van der Waals surface area (Å²) in [5.74, 6) is 1.58. The van der Waals surface area contributed by atoms with Crippen molar-refractivity contribution in [3.63, 3.8) is 0 Å². The molecule has 1 atom stereocenters. The standard InChI is InChI=1S/C12H19N5OS/c1-9(7-16-5-3-2-4-6-16)11-13-14-12-17(11)15-10(18)8-19-12/h9H,2-8H2,1H3,(H,15,18). The summed E-state index contributed by atoms with van der Waals surface area (Å²) in [6, 6.07) is 0. The van der Waals surface area contributed by atoms with Gasteiger partial charge in [-0.05, 0) is 25.9 Å².